The smallest absolute Gasteiger partial charge is 0.269 e. The first-order valence-electron chi connectivity index (χ1n) is 9.34. The molecule has 0 bridgehead atoms. The maximum absolute atomic E-state index is 13.3. The van der Waals surface area contributed by atoms with Crippen molar-refractivity contribution in [1.82, 2.24) is 9.55 Å². The van der Waals surface area contributed by atoms with Crippen LogP contribution in [0.3, 0.4) is 0 Å². The van der Waals surface area contributed by atoms with Gasteiger partial charge in [-0.2, -0.15) is 0 Å². The number of thiophene rings is 1. The van der Waals surface area contributed by atoms with Crippen LogP contribution in [0, 0.1) is 10.1 Å². The summed E-state index contributed by atoms with van der Waals surface area (Å²) in [5.74, 6) is 0.669. The maximum atomic E-state index is 13.3. The van der Waals surface area contributed by atoms with E-state index in [0.717, 1.165) is 41.5 Å². The minimum atomic E-state index is -0.418. The molecule has 28 heavy (non-hydrogen) atoms. The largest absolute Gasteiger partial charge is 0.383 e. The number of aromatic nitrogens is 2. The number of non-ortho nitro benzene ring substituents is 1. The molecule has 146 valence electrons. The highest BCUT2D eigenvalue weighted by Gasteiger charge is 2.22. The molecule has 0 fully saturated rings. The second-order valence-electron chi connectivity index (χ2n) is 6.97. The van der Waals surface area contributed by atoms with Gasteiger partial charge in [0.1, 0.15) is 10.7 Å². The lowest BCUT2D eigenvalue weighted by atomic mass is 9.97. The lowest BCUT2D eigenvalue weighted by molar-refractivity contribution is -0.384. The lowest BCUT2D eigenvalue weighted by Crippen LogP contribution is -2.27. The van der Waals surface area contributed by atoms with Crippen LogP contribution in [0.4, 0.5) is 5.69 Å². The molecule has 3 aromatic rings. The Balaban J connectivity index is 1.79. The molecule has 1 aromatic carbocycles. The number of benzene rings is 1. The predicted octanol–water partition coefficient (Wildman–Crippen LogP) is 3.48. The van der Waals surface area contributed by atoms with Crippen LogP contribution in [-0.2, 0) is 30.5 Å². The van der Waals surface area contributed by atoms with E-state index in [1.54, 1.807) is 35.1 Å². The van der Waals surface area contributed by atoms with Crippen molar-refractivity contribution >= 4 is 27.2 Å². The summed E-state index contributed by atoms with van der Waals surface area (Å²) in [5, 5.41) is 11.6. The van der Waals surface area contributed by atoms with Crippen molar-refractivity contribution in [2.24, 2.45) is 0 Å². The number of methoxy groups -OCH3 is 1. The van der Waals surface area contributed by atoms with Crippen LogP contribution < -0.4 is 5.56 Å². The number of rotatable bonds is 6. The summed E-state index contributed by atoms with van der Waals surface area (Å²) >= 11 is 1.63. The normalized spacial score (nSPS) is 13.6. The van der Waals surface area contributed by atoms with Gasteiger partial charge in [0.25, 0.3) is 11.2 Å². The maximum Gasteiger partial charge on any atom is 0.269 e. The first-order valence-corrected chi connectivity index (χ1v) is 10.2. The minimum Gasteiger partial charge on any atom is -0.383 e. The SMILES string of the molecule is COCCn1c(Cc2ccc([N+](=O)[O-])cc2)nc2sc3c(c2c1=O)CCCC3. The molecular weight excluding hydrogens is 378 g/mol. The topological polar surface area (TPSA) is 87.3 Å². The van der Waals surface area contributed by atoms with E-state index < -0.39 is 4.92 Å². The zero-order valence-electron chi connectivity index (χ0n) is 15.6. The third-order valence-electron chi connectivity index (χ3n) is 5.18. The molecule has 7 nitrogen and oxygen atoms in total. The summed E-state index contributed by atoms with van der Waals surface area (Å²) in [6, 6.07) is 6.40. The van der Waals surface area contributed by atoms with Crippen LogP contribution in [0.2, 0.25) is 0 Å². The zero-order valence-corrected chi connectivity index (χ0v) is 16.5. The standard InChI is InChI=1S/C20H21N3O4S/c1-27-11-10-22-17(12-13-6-8-14(9-7-13)23(25)26)21-19-18(20(22)24)15-4-2-3-5-16(15)28-19/h6-9H,2-5,10-12H2,1H3. The molecule has 0 unspecified atom stereocenters. The van der Waals surface area contributed by atoms with Crippen molar-refractivity contribution in [3.05, 3.63) is 66.6 Å². The number of nitro benzene ring substituents is 1. The molecule has 0 N–H and O–H groups in total. The van der Waals surface area contributed by atoms with Gasteiger partial charge in [-0.05, 0) is 36.8 Å². The lowest BCUT2D eigenvalue weighted by Gasteiger charge is -2.13. The van der Waals surface area contributed by atoms with Crippen LogP contribution in [0.1, 0.15) is 34.7 Å². The molecule has 0 amide bonds. The van der Waals surface area contributed by atoms with Gasteiger partial charge < -0.3 is 4.74 Å². The molecule has 0 spiro atoms. The van der Waals surface area contributed by atoms with Gasteiger partial charge in [-0.25, -0.2) is 4.98 Å². The van der Waals surface area contributed by atoms with Crippen LogP contribution >= 0.6 is 11.3 Å². The number of hydrogen-bond donors (Lipinski definition) is 0. The number of aryl methyl sites for hydroxylation is 2. The molecule has 2 aromatic heterocycles. The summed E-state index contributed by atoms with van der Waals surface area (Å²) in [6.07, 6.45) is 4.67. The quantitative estimate of drug-likeness (QED) is 0.468. The van der Waals surface area contributed by atoms with E-state index in [0.29, 0.717) is 25.4 Å². The van der Waals surface area contributed by atoms with E-state index in [2.05, 4.69) is 0 Å². The highest BCUT2D eigenvalue weighted by molar-refractivity contribution is 7.18. The molecule has 4 rings (SSSR count). The molecule has 1 aliphatic carbocycles. The summed E-state index contributed by atoms with van der Waals surface area (Å²) in [6.45, 7) is 0.859. The Bertz CT molecular complexity index is 1090. The molecule has 0 saturated carbocycles. The monoisotopic (exact) mass is 399 g/mol. The molecular formula is C20H21N3O4S. The van der Waals surface area contributed by atoms with Crippen molar-refractivity contribution in [3.8, 4) is 0 Å². The third-order valence-corrected chi connectivity index (χ3v) is 6.37. The van der Waals surface area contributed by atoms with Crippen molar-refractivity contribution in [1.29, 1.82) is 0 Å². The fourth-order valence-electron chi connectivity index (χ4n) is 3.75. The van der Waals surface area contributed by atoms with E-state index in [9.17, 15) is 14.9 Å². The van der Waals surface area contributed by atoms with E-state index in [1.807, 2.05) is 0 Å². The minimum absolute atomic E-state index is 0.00152. The van der Waals surface area contributed by atoms with Crippen molar-refractivity contribution < 1.29 is 9.66 Å². The Morgan fingerprint density at radius 3 is 2.71 bits per heavy atom. The van der Waals surface area contributed by atoms with Gasteiger partial charge in [0.15, 0.2) is 0 Å². The zero-order chi connectivity index (χ0) is 19.7. The second kappa shape index (κ2) is 7.81. The highest BCUT2D eigenvalue weighted by atomic mass is 32.1. The fourth-order valence-corrected chi connectivity index (χ4v) is 5.02. The van der Waals surface area contributed by atoms with Crippen LogP contribution in [0.15, 0.2) is 29.1 Å². The number of fused-ring (bicyclic) bond motifs is 3. The number of hydrogen-bond acceptors (Lipinski definition) is 6. The number of nitrogens with zero attached hydrogens (tertiary/aromatic N) is 3. The Morgan fingerprint density at radius 1 is 1.25 bits per heavy atom. The average molecular weight is 399 g/mol. The Kier molecular flexibility index (Phi) is 5.23. The Morgan fingerprint density at radius 2 is 2.00 bits per heavy atom. The molecule has 0 saturated heterocycles. The number of ether oxygens (including phenoxy) is 1. The third kappa shape index (κ3) is 3.45. The van der Waals surface area contributed by atoms with Gasteiger partial charge >= 0.3 is 0 Å². The van der Waals surface area contributed by atoms with Crippen LogP contribution in [0.25, 0.3) is 10.2 Å². The summed E-state index contributed by atoms with van der Waals surface area (Å²) in [5.41, 5.74) is 2.11. The van der Waals surface area contributed by atoms with Crippen molar-refractivity contribution in [2.75, 3.05) is 13.7 Å². The van der Waals surface area contributed by atoms with E-state index >= 15 is 0 Å². The summed E-state index contributed by atoms with van der Waals surface area (Å²) in [7, 11) is 1.61. The molecule has 1 aliphatic rings. The fraction of sp³-hybridized carbons (Fsp3) is 0.400. The van der Waals surface area contributed by atoms with Crippen LogP contribution in [0.5, 0.6) is 0 Å². The predicted molar refractivity (Wildman–Crippen MR) is 108 cm³/mol. The van der Waals surface area contributed by atoms with E-state index in [-0.39, 0.29) is 11.2 Å². The first-order chi connectivity index (χ1) is 13.6. The second-order valence-corrected chi connectivity index (χ2v) is 8.05. The van der Waals surface area contributed by atoms with Gasteiger partial charge in [-0.3, -0.25) is 19.5 Å². The highest BCUT2D eigenvalue weighted by Crippen LogP contribution is 2.34. The van der Waals surface area contributed by atoms with E-state index in [1.165, 1.54) is 22.6 Å². The van der Waals surface area contributed by atoms with Gasteiger partial charge in [0.05, 0.1) is 23.5 Å². The van der Waals surface area contributed by atoms with Crippen molar-refractivity contribution in [3.63, 3.8) is 0 Å². The first kappa shape index (κ1) is 18.8. The molecule has 2 heterocycles. The van der Waals surface area contributed by atoms with Gasteiger partial charge in [-0.15, -0.1) is 11.3 Å². The van der Waals surface area contributed by atoms with Gasteiger partial charge in [0.2, 0.25) is 0 Å². The Labute approximate surface area is 165 Å². The summed E-state index contributed by atoms with van der Waals surface area (Å²) in [4.78, 5) is 30.7. The van der Waals surface area contributed by atoms with Gasteiger partial charge in [-0.1, -0.05) is 12.1 Å². The van der Waals surface area contributed by atoms with Crippen LogP contribution in [-0.4, -0.2) is 28.2 Å². The summed E-state index contributed by atoms with van der Waals surface area (Å²) < 4.78 is 6.90. The average Bonchev–Trinajstić information content (AvgIpc) is 3.06. The number of nitro groups is 1. The van der Waals surface area contributed by atoms with Gasteiger partial charge in [0, 0.05) is 30.5 Å². The molecule has 0 radical (unpaired) electrons. The van der Waals surface area contributed by atoms with Crippen molar-refractivity contribution in [2.45, 2.75) is 38.6 Å². The van der Waals surface area contributed by atoms with E-state index in [4.69, 9.17) is 9.72 Å². The molecule has 0 atom stereocenters. The molecule has 8 heteroatoms. The Hall–Kier alpha value is -2.58. The molecule has 0 aliphatic heterocycles.